The molecule has 35 heavy (non-hydrogen) atoms. The van der Waals surface area contributed by atoms with Crippen molar-refractivity contribution in [2.75, 3.05) is 6.54 Å². The number of carbonyl (C=O) groups is 3. The molecule has 1 aromatic carbocycles. The van der Waals surface area contributed by atoms with Crippen LogP contribution < -0.4 is 10.6 Å². The lowest BCUT2D eigenvalue weighted by molar-refractivity contribution is -0.143. The Morgan fingerprint density at radius 3 is 2.31 bits per heavy atom. The van der Waals surface area contributed by atoms with Gasteiger partial charge < -0.3 is 20.3 Å². The fraction of sp³-hybridized carbons (Fsp3) is 0.607. The number of amides is 3. The Kier molecular flexibility index (Phi) is 10.8. The third kappa shape index (κ3) is 8.71. The molecule has 1 aliphatic carbocycles. The van der Waals surface area contributed by atoms with E-state index in [-0.39, 0.29) is 30.3 Å². The highest BCUT2D eigenvalue weighted by atomic mass is 16.6. The van der Waals surface area contributed by atoms with E-state index in [9.17, 15) is 14.4 Å². The van der Waals surface area contributed by atoms with Crippen molar-refractivity contribution in [3.05, 3.63) is 48.6 Å². The van der Waals surface area contributed by atoms with E-state index in [1.807, 2.05) is 44.2 Å². The van der Waals surface area contributed by atoms with Crippen LogP contribution >= 0.6 is 0 Å². The molecule has 0 radical (unpaired) electrons. The standard InChI is InChI=1S/C28H43N3O4/c1-7-19-31(26(33)23(20(3)8-2)30-27(34)35-28(4,5)6)24(21-15-11-9-12-16-21)25(32)29-22-17-13-10-14-18-22/h7,9,11-12,15-16,20,22-24H,1,8,10,13-14,17-19H2,2-6H3,(H,29,32)(H,30,34). The number of carbonyl (C=O) groups excluding carboxylic acids is 3. The van der Waals surface area contributed by atoms with Gasteiger partial charge in [0.25, 0.3) is 0 Å². The number of nitrogens with zero attached hydrogens (tertiary/aromatic N) is 1. The highest BCUT2D eigenvalue weighted by molar-refractivity contribution is 5.92. The van der Waals surface area contributed by atoms with E-state index in [0.29, 0.717) is 6.42 Å². The Morgan fingerprint density at radius 2 is 1.77 bits per heavy atom. The van der Waals surface area contributed by atoms with Crippen LogP contribution in [0.2, 0.25) is 0 Å². The molecule has 0 aliphatic heterocycles. The molecule has 2 N–H and O–H groups in total. The fourth-order valence-corrected chi connectivity index (χ4v) is 4.39. The molecule has 0 spiro atoms. The van der Waals surface area contributed by atoms with Crippen LogP contribution in [0.4, 0.5) is 4.79 Å². The first-order valence-corrected chi connectivity index (χ1v) is 12.8. The average Bonchev–Trinajstić information content (AvgIpc) is 2.81. The molecule has 0 bridgehead atoms. The predicted octanol–water partition coefficient (Wildman–Crippen LogP) is 5.13. The second kappa shape index (κ2) is 13.3. The molecule has 2 rings (SSSR count). The lowest BCUT2D eigenvalue weighted by atomic mass is 9.93. The minimum atomic E-state index is -0.844. The maximum atomic E-state index is 14.0. The third-order valence-electron chi connectivity index (χ3n) is 6.39. The average molecular weight is 486 g/mol. The van der Waals surface area contributed by atoms with Gasteiger partial charge in [-0.05, 0) is 45.1 Å². The molecule has 3 atom stereocenters. The summed E-state index contributed by atoms with van der Waals surface area (Å²) in [5, 5.41) is 5.96. The number of benzene rings is 1. The van der Waals surface area contributed by atoms with Crippen molar-refractivity contribution in [3.8, 4) is 0 Å². The molecular weight excluding hydrogens is 442 g/mol. The Labute approximate surface area is 210 Å². The Balaban J connectivity index is 2.39. The van der Waals surface area contributed by atoms with E-state index in [1.54, 1.807) is 26.8 Å². The van der Waals surface area contributed by atoms with Crippen molar-refractivity contribution in [3.63, 3.8) is 0 Å². The van der Waals surface area contributed by atoms with E-state index in [4.69, 9.17) is 4.74 Å². The minimum absolute atomic E-state index is 0.105. The zero-order chi connectivity index (χ0) is 26.0. The molecular formula is C28H43N3O4. The van der Waals surface area contributed by atoms with Gasteiger partial charge in [-0.15, -0.1) is 6.58 Å². The second-order valence-corrected chi connectivity index (χ2v) is 10.4. The van der Waals surface area contributed by atoms with Crippen molar-refractivity contribution in [2.24, 2.45) is 5.92 Å². The predicted molar refractivity (Wildman–Crippen MR) is 139 cm³/mol. The van der Waals surface area contributed by atoms with Gasteiger partial charge in [0.15, 0.2) is 0 Å². The van der Waals surface area contributed by atoms with Crippen LogP contribution in [-0.4, -0.2) is 47.0 Å². The number of alkyl carbamates (subject to hydrolysis) is 1. The molecule has 3 unspecified atom stereocenters. The van der Waals surface area contributed by atoms with Gasteiger partial charge in [-0.1, -0.05) is 75.9 Å². The molecule has 1 aromatic rings. The summed E-state index contributed by atoms with van der Waals surface area (Å²) in [6, 6.07) is 7.73. The van der Waals surface area contributed by atoms with Crippen LogP contribution in [-0.2, 0) is 14.3 Å². The maximum Gasteiger partial charge on any atom is 0.408 e. The Hall–Kier alpha value is -2.83. The van der Waals surface area contributed by atoms with E-state index in [2.05, 4.69) is 17.2 Å². The quantitative estimate of drug-likeness (QED) is 0.450. The molecule has 7 heteroatoms. The number of rotatable bonds is 10. The molecule has 194 valence electrons. The summed E-state index contributed by atoms with van der Waals surface area (Å²) in [4.78, 5) is 41.8. The van der Waals surface area contributed by atoms with E-state index < -0.39 is 23.8 Å². The summed E-state index contributed by atoms with van der Waals surface area (Å²) >= 11 is 0. The lowest BCUT2D eigenvalue weighted by Gasteiger charge is -2.36. The summed E-state index contributed by atoms with van der Waals surface area (Å²) in [7, 11) is 0. The van der Waals surface area contributed by atoms with E-state index in [1.165, 1.54) is 11.3 Å². The summed E-state index contributed by atoms with van der Waals surface area (Å²) in [5.41, 5.74) is 0.0246. The summed E-state index contributed by atoms with van der Waals surface area (Å²) in [6.07, 6.45) is 6.87. The zero-order valence-electron chi connectivity index (χ0n) is 22.0. The van der Waals surface area contributed by atoms with Crippen molar-refractivity contribution in [1.82, 2.24) is 15.5 Å². The number of ether oxygens (including phenoxy) is 1. The number of nitrogens with one attached hydrogen (secondary N) is 2. The van der Waals surface area contributed by atoms with Gasteiger partial charge in [0.1, 0.15) is 17.7 Å². The van der Waals surface area contributed by atoms with Gasteiger partial charge >= 0.3 is 6.09 Å². The van der Waals surface area contributed by atoms with Gasteiger partial charge in [-0.25, -0.2) is 4.79 Å². The maximum absolute atomic E-state index is 14.0. The molecule has 3 amide bonds. The van der Waals surface area contributed by atoms with Crippen molar-refractivity contribution in [1.29, 1.82) is 0 Å². The van der Waals surface area contributed by atoms with Crippen LogP contribution in [0.3, 0.4) is 0 Å². The van der Waals surface area contributed by atoms with Crippen LogP contribution in [0.15, 0.2) is 43.0 Å². The minimum Gasteiger partial charge on any atom is -0.444 e. The van der Waals surface area contributed by atoms with Crippen LogP contribution in [0, 0.1) is 5.92 Å². The highest BCUT2D eigenvalue weighted by Crippen LogP contribution is 2.26. The first-order chi connectivity index (χ1) is 16.6. The number of hydrogen-bond acceptors (Lipinski definition) is 4. The van der Waals surface area contributed by atoms with Crippen molar-refractivity contribution < 1.29 is 19.1 Å². The topological polar surface area (TPSA) is 87.7 Å². The van der Waals surface area contributed by atoms with Gasteiger partial charge in [-0.2, -0.15) is 0 Å². The normalized spacial score (nSPS) is 16.9. The molecule has 7 nitrogen and oxygen atoms in total. The van der Waals surface area contributed by atoms with Gasteiger partial charge in [0.2, 0.25) is 11.8 Å². The van der Waals surface area contributed by atoms with Crippen LogP contribution in [0.25, 0.3) is 0 Å². The first-order valence-electron chi connectivity index (χ1n) is 12.8. The van der Waals surface area contributed by atoms with Gasteiger partial charge in [0, 0.05) is 12.6 Å². The third-order valence-corrected chi connectivity index (χ3v) is 6.39. The first kappa shape index (κ1) is 28.4. The highest BCUT2D eigenvalue weighted by Gasteiger charge is 2.38. The molecule has 0 heterocycles. The largest absolute Gasteiger partial charge is 0.444 e. The summed E-state index contributed by atoms with van der Waals surface area (Å²) in [5.74, 6) is -0.712. The SMILES string of the molecule is C=CCN(C(=O)C(NC(=O)OC(C)(C)C)C(C)CC)C(C(=O)NC1CCCCC1)c1ccccc1. The van der Waals surface area contributed by atoms with Crippen LogP contribution in [0.1, 0.15) is 84.7 Å². The molecule has 1 aliphatic rings. The van der Waals surface area contributed by atoms with Gasteiger partial charge in [-0.3, -0.25) is 9.59 Å². The zero-order valence-corrected chi connectivity index (χ0v) is 22.0. The van der Waals surface area contributed by atoms with Gasteiger partial charge in [0.05, 0.1) is 0 Å². The Bertz CT molecular complexity index is 844. The van der Waals surface area contributed by atoms with Crippen molar-refractivity contribution in [2.45, 2.75) is 96.9 Å². The van der Waals surface area contributed by atoms with E-state index in [0.717, 1.165) is 31.2 Å². The molecule has 1 saturated carbocycles. The van der Waals surface area contributed by atoms with Crippen molar-refractivity contribution >= 4 is 17.9 Å². The van der Waals surface area contributed by atoms with Crippen LogP contribution in [0.5, 0.6) is 0 Å². The molecule has 1 fully saturated rings. The molecule has 0 saturated heterocycles. The second-order valence-electron chi connectivity index (χ2n) is 10.4. The Morgan fingerprint density at radius 1 is 1.14 bits per heavy atom. The number of hydrogen-bond donors (Lipinski definition) is 2. The summed E-state index contributed by atoms with van der Waals surface area (Å²) < 4.78 is 5.43. The van der Waals surface area contributed by atoms with E-state index >= 15 is 0 Å². The summed E-state index contributed by atoms with van der Waals surface area (Å²) in [6.45, 7) is 13.2. The monoisotopic (exact) mass is 485 g/mol. The lowest BCUT2D eigenvalue weighted by Crippen LogP contribution is -2.55. The smallest absolute Gasteiger partial charge is 0.408 e. The fourth-order valence-electron chi connectivity index (χ4n) is 4.39. The molecule has 0 aromatic heterocycles.